The van der Waals surface area contributed by atoms with Crippen molar-refractivity contribution in [3.8, 4) is 0 Å². The highest BCUT2D eigenvalue weighted by Crippen LogP contribution is 2.62. The number of ether oxygens (including phenoxy) is 4. The molecule has 0 radical (unpaired) electrons. The molecule has 4 aromatic carbocycles. The molecule has 0 unspecified atom stereocenters. The zero-order chi connectivity index (χ0) is 31.3. The van der Waals surface area contributed by atoms with Crippen molar-refractivity contribution in [3.63, 3.8) is 0 Å². The first-order valence-electron chi connectivity index (χ1n) is 14.8. The van der Waals surface area contributed by atoms with Crippen molar-refractivity contribution >= 4 is 35.3 Å². The Morgan fingerprint density at radius 1 is 0.778 bits per heavy atom. The van der Waals surface area contributed by atoms with E-state index < -0.39 is 39.7 Å². The highest BCUT2D eigenvalue weighted by molar-refractivity contribution is 8.33. The molecule has 2 aliphatic heterocycles. The summed E-state index contributed by atoms with van der Waals surface area (Å²) in [6.07, 6.45) is -2.60. The van der Waals surface area contributed by atoms with E-state index in [0.717, 1.165) is 20.2 Å². The van der Waals surface area contributed by atoms with E-state index in [9.17, 15) is 10.1 Å². The van der Waals surface area contributed by atoms with Crippen molar-refractivity contribution < 1.29 is 23.9 Å². The van der Waals surface area contributed by atoms with Crippen LogP contribution in [0.25, 0.3) is 0 Å². The molecule has 0 saturated carbocycles. The van der Waals surface area contributed by atoms with Gasteiger partial charge < -0.3 is 18.9 Å². The van der Waals surface area contributed by atoms with Crippen LogP contribution in [-0.2, 0) is 25.6 Å². The van der Waals surface area contributed by atoms with Crippen molar-refractivity contribution in [1.82, 2.24) is 0 Å². The highest BCUT2D eigenvalue weighted by atomic mass is 32.3. The van der Waals surface area contributed by atoms with Gasteiger partial charge in [0, 0.05) is 19.6 Å². The molecule has 0 spiro atoms. The van der Waals surface area contributed by atoms with Crippen LogP contribution in [0.5, 0.6) is 0 Å². The van der Waals surface area contributed by atoms with Gasteiger partial charge >= 0.3 is 0 Å². The highest BCUT2D eigenvalue weighted by Gasteiger charge is 2.62. The SMILES string of the molecule is CC1(C)O[C@H]2O[C@H]([C@@H](C[N+](=O)[O-])C(Sc3ccccc3)(Sc3ccccc3)Sc3ccccc3)[C@H](OCc3ccccc3)[C@H]2O1. The predicted molar refractivity (Wildman–Crippen MR) is 179 cm³/mol. The van der Waals surface area contributed by atoms with Gasteiger partial charge in [-0.25, -0.2) is 0 Å². The molecule has 45 heavy (non-hydrogen) atoms. The van der Waals surface area contributed by atoms with Crippen LogP contribution in [-0.4, -0.2) is 45.3 Å². The molecular weight excluding hydrogens is 627 g/mol. The van der Waals surface area contributed by atoms with E-state index in [1.807, 2.05) is 135 Å². The zero-order valence-electron chi connectivity index (χ0n) is 25.0. The summed E-state index contributed by atoms with van der Waals surface area (Å²) in [4.78, 5) is 15.4. The van der Waals surface area contributed by atoms with E-state index in [4.69, 9.17) is 18.9 Å². The first kappa shape index (κ1) is 32.1. The number of rotatable bonds is 13. The minimum Gasteiger partial charge on any atom is -0.368 e. The second-order valence-electron chi connectivity index (χ2n) is 11.3. The van der Waals surface area contributed by atoms with Crippen LogP contribution in [0.15, 0.2) is 136 Å². The van der Waals surface area contributed by atoms with Gasteiger partial charge in [0.1, 0.15) is 21.7 Å². The molecule has 7 nitrogen and oxygen atoms in total. The van der Waals surface area contributed by atoms with Gasteiger partial charge in [-0.05, 0) is 55.8 Å². The minimum absolute atomic E-state index is 0.237. The van der Waals surface area contributed by atoms with Crippen LogP contribution < -0.4 is 0 Å². The number of hydrogen-bond donors (Lipinski definition) is 0. The molecule has 2 saturated heterocycles. The summed E-state index contributed by atoms with van der Waals surface area (Å²) in [5.74, 6) is -1.53. The Kier molecular flexibility index (Phi) is 10.2. The van der Waals surface area contributed by atoms with Gasteiger partial charge in [-0.2, -0.15) is 0 Å². The zero-order valence-corrected chi connectivity index (χ0v) is 27.4. The van der Waals surface area contributed by atoms with Crippen molar-refractivity contribution in [3.05, 3.63) is 137 Å². The molecule has 2 heterocycles. The number of fused-ring (bicyclic) bond motifs is 1. The fourth-order valence-corrected chi connectivity index (χ4v) is 10.8. The predicted octanol–water partition coefficient (Wildman–Crippen LogP) is 8.37. The summed E-state index contributed by atoms with van der Waals surface area (Å²) in [6.45, 7) is 3.65. The van der Waals surface area contributed by atoms with Gasteiger partial charge in [0.2, 0.25) is 6.54 Å². The third-order valence-corrected chi connectivity index (χ3v) is 12.3. The Bertz CT molecular complexity index is 1430. The summed E-state index contributed by atoms with van der Waals surface area (Å²) >= 11 is 4.83. The molecule has 5 atom stereocenters. The third kappa shape index (κ3) is 7.94. The van der Waals surface area contributed by atoms with Gasteiger partial charge in [-0.1, -0.05) is 120 Å². The molecule has 0 aliphatic carbocycles. The summed E-state index contributed by atoms with van der Waals surface area (Å²) < 4.78 is 25.0. The fourth-order valence-electron chi connectivity index (χ4n) is 5.61. The molecule has 2 aliphatic rings. The number of hydrogen-bond acceptors (Lipinski definition) is 9. The van der Waals surface area contributed by atoms with E-state index in [1.165, 1.54) is 0 Å². The van der Waals surface area contributed by atoms with E-state index in [-0.39, 0.29) is 11.5 Å². The van der Waals surface area contributed by atoms with Crippen LogP contribution in [0.3, 0.4) is 0 Å². The minimum atomic E-state index is -0.874. The Morgan fingerprint density at radius 3 is 1.71 bits per heavy atom. The van der Waals surface area contributed by atoms with E-state index >= 15 is 0 Å². The Balaban J connectivity index is 1.47. The van der Waals surface area contributed by atoms with Gasteiger partial charge in [-0.15, -0.1) is 0 Å². The van der Waals surface area contributed by atoms with Crippen molar-refractivity contribution in [2.45, 2.75) is 68.9 Å². The van der Waals surface area contributed by atoms with Crippen LogP contribution in [0, 0.1) is 16.0 Å². The molecule has 0 amide bonds. The summed E-state index contributed by atoms with van der Waals surface area (Å²) in [6, 6.07) is 40.0. The van der Waals surface area contributed by atoms with Crippen molar-refractivity contribution in [2.24, 2.45) is 5.92 Å². The van der Waals surface area contributed by atoms with E-state index in [1.54, 1.807) is 35.3 Å². The molecule has 0 bridgehead atoms. The first-order chi connectivity index (χ1) is 21.8. The smallest absolute Gasteiger partial charge is 0.212 e. The molecule has 0 aromatic heterocycles. The van der Waals surface area contributed by atoms with Crippen LogP contribution in [0.2, 0.25) is 0 Å². The second-order valence-corrected chi connectivity index (χ2v) is 16.0. The van der Waals surface area contributed by atoms with Crippen molar-refractivity contribution in [2.75, 3.05) is 6.54 Å². The monoisotopic (exact) mass is 661 g/mol. The standard InChI is InChI=1S/C35H35NO6S3/c1-34(2)41-32-31(39-24-25-15-7-3-8-16-25)30(40-33(32)42-34)29(23-36(37)38)35(43-26-17-9-4-10-18-26,44-27-19-11-5-12-20-27)45-28-21-13-6-14-22-28/h3-22,29-33H,23-24H2,1-2H3/t29-,30-,31+,32-,33-/m1/s1. The van der Waals surface area contributed by atoms with Crippen LogP contribution >= 0.6 is 35.3 Å². The van der Waals surface area contributed by atoms with E-state index in [0.29, 0.717) is 6.61 Å². The Labute approximate surface area is 276 Å². The molecule has 0 N–H and O–H groups in total. The molecule has 4 aromatic rings. The normalized spacial score (nSPS) is 23.0. The lowest BCUT2D eigenvalue weighted by atomic mass is 9.97. The lowest BCUT2D eigenvalue weighted by Crippen LogP contribution is -2.49. The van der Waals surface area contributed by atoms with E-state index in [2.05, 4.69) is 0 Å². The average molecular weight is 662 g/mol. The number of nitrogens with zero attached hydrogens (tertiary/aromatic N) is 1. The van der Waals surface area contributed by atoms with Crippen molar-refractivity contribution in [1.29, 1.82) is 0 Å². The van der Waals surface area contributed by atoms with Crippen LogP contribution in [0.4, 0.5) is 0 Å². The first-order valence-corrected chi connectivity index (χ1v) is 17.3. The maximum atomic E-state index is 12.6. The second kappa shape index (κ2) is 14.3. The topological polar surface area (TPSA) is 80.1 Å². The largest absolute Gasteiger partial charge is 0.368 e. The molecule has 10 heteroatoms. The molecule has 2 fully saturated rings. The Morgan fingerprint density at radius 2 is 1.24 bits per heavy atom. The van der Waals surface area contributed by atoms with Gasteiger partial charge in [0.05, 0.1) is 12.5 Å². The summed E-state index contributed by atoms with van der Waals surface area (Å²) in [5.41, 5.74) is 0.992. The molecular formula is C35H35NO6S3. The molecule has 6 rings (SSSR count). The van der Waals surface area contributed by atoms with Gasteiger partial charge in [-0.3, -0.25) is 10.1 Å². The fraction of sp³-hybridized carbons (Fsp3) is 0.314. The van der Waals surface area contributed by atoms with Crippen LogP contribution in [0.1, 0.15) is 19.4 Å². The van der Waals surface area contributed by atoms with Gasteiger partial charge in [0.25, 0.3) is 0 Å². The average Bonchev–Trinajstić information content (AvgIpc) is 3.51. The maximum Gasteiger partial charge on any atom is 0.212 e. The quantitative estimate of drug-likeness (QED) is 0.0608. The summed E-state index contributed by atoms with van der Waals surface area (Å²) in [5, 5.41) is 12.6. The number of benzene rings is 4. The lowest BCUT2D eigenvalue weighted by Gasteiger charge is -2.41. The summed E-state index contributed by atoms with van der Waals surface area (Å²) in [7, 11) is 0. The number of nitro groups is 1. The molecule has 234 valence electrons. The maximum absolute atomic E-state index is 12.6. The third-order valence-electron chi connectivity index (χ3n) is 7.52. The lowest BCUT2D eigenvalue weighted by molar-refractivity contribution is -0.491. The van der Waals surface area contributed by atoms with Gasteiger partial charge in [0.15, 0.2) is 12.1 Å². The Hall–Kier alpha value is -2.83. The number of thioether (sulfide) groups is 3.